The Balaban J connectivity index is 2.05. The Labute approximate surface area is 93.3 Å². The van der Waals surface area contributed by atoms with Crippen molar-refractivity contribution in [3.63, 3.8) is 0 Å². The molecule has 0 amide bonds. The van der Waals surface area contributed by atoms with E-state index in [1.165, 1.54) is 6.07 Å². The Morgan fingerprint density at radius 1 is 1.44 bits per heavy atom. The molecule has 0 spiro atoms. The summed E-state index contributed by atoms with van der Waals surface area (Å²) in [6, 6.07) is 3.11. The first-order chi connectivity index (χ1) is 7.48. The number of piperidine rings is 1. The minimum Gasteiger partial charge on any atom is -0.475 e. The molecule has 2 rings (SSSR count). The lowest BCUT2D eigenvalue weighted by Gasteiger charge is -2.35. The largest absolute Gasteiger partial charge is 0.475 e. The van der Waals surface area contributed by atoms with Crippen LogP contribution in [0.25, 0.3) is 0 Å². The predicted molar refractivity (Wildman–Crippen MR) is 57.7 cm³/mol. The van der Waals surface area contributed by atoms with Crippen LogP contribution in [-0.2, 0) is 0 Å². The van der Waals surface area contributed by atoms with Gasteiger partial charge in [-0.3, -0.25) is 0 Å². The Morgan fingerprint density at radius 2 is 2.06 bits per heavy atom. The van der Waals surface area contributed by atoms with Crippen LogP contribution in [0.5, 0.6) is 0 Å². The molecule has 0 saturated carbocycles. The molecule has 1 aromatic rings. The molecule has 0 radical (unpaired) electrons. The molecule has 0 aliphatic carbocycles. The zero-order valence-corrected chi connectivity index (χ0v) is 9.14. The number of aromatic carboxylic acids is 1. The van der Waals surface area contributed by atoms with Gasteiger partial charge >= 0.3 is 5.97 Å². The predicted octanol–water partition coefficient (Wildman–Crippen LogP) is 1.33. The van der Waals surface area contributed by atoms with Crippen molar-refractivity contribution in [3.8, 4) is 0 Å². The summed E-state index contributed by atoms with van der Waals surface area (Å²) in [7, 11) is 0. The summed E-state index contributed by atoms with van der Waals surface area (Å²) in [5.41, 5.74) is -0.612. The van der Waals surface area contributed by atoms with Crippen LogP contribution < -0.4 is 4.90 Å². The van der Waals surface area contributed by atoms with E-state index >= 15 is 0 Å². The minimum atomic E-state index is -1.06. The van der Waals surface area contributed by atoms with Crippen LogP contribution in [0.1, 0.15) is 30.3 Å². The number of hydrogen-bond donors (Lipinski definition) is 2. The van der Waals surface area contributed by atoms with Gasteiger partial charge in [-0.05, 0) is 25.8 Å². The smallest absolute Gasteiger partial charge is 0.371 e. The topological polar surface area (TPSA) is 73.9 Å². The van der Waals surface area contributed by atoms with E-state index in [-0.39, 0.29) is 5.76 Å². The second-order valence-electron chi connectivity index (χ2n) is 4.43. The van der Waals surface area contributed by atoms with E-state index < -0.39 is 11.6 Å². The summed E-state index contributed by atoms with van der Waals surface area (Å²) >= 11 is 0. The van der Waals surface area contributed by atoms with E-state index in [1.807, 2.05) is 11.8 Å². The highest BCUT2D eigenvalue weighted by Gasteiger charge is 2.28. The summed E-state index contributed by atoms with van der Waals surface area (Å²) in [5, 5.41) is 18.5. The summed E-state index contributed by atoms with van der Waals surface area (Å²) in [4.78, 5) is 12.6. The second-order valence-corrected chi connectivity index (χ2v) is 4.43. The molecule has 0 unspecified atom stereocenters. The molecule has 0 bridgehead atoms. The van der Waals surface area contributed by atoms with Gasteiger partial charge in [0.05, 0.1) is 5.60 Å². The van der Waals surface area contributed by atoms with Gasteiger partial charge < -0.3 is 19.5 Å². The van der Waals surface area contributed by atoms with Gasteiger partial charge in [0.25, 0.3) is 0 Å². The van der Waals surface area contributed by atoms with Crippen molar-refractivity contribution in [1.82, 2.24) is 0 Å². The number of carbonyl (C=O) groups is 1. The van der Waals surface area contributed by atoms with Gasteiger partial charge in [0.15, 0.2) is 5.88 Å². The van der Waals surface area contributed by atoms with Crippen LogP contribution in [0, 0.1) is 0 Å². The van der Waals surface area contributed by atoms with Crippen molar-refractivity contribution < 1.29 is 19.4 Å². The third-order valence-corrected chi connectivity index (χ3v) is 2.95. The standard InChI is InChI=1S/C11H15NO4/c1-11(15)4-6-12(7-5-11)9-3-2-8(16-9)10(13)14/h2-3,15H,4-7H2,1H3,(H,13,14). The van der Waals surface area contributed by atoms with Crippen LogP contribution in [0.4, 0.5) is 5.88 Å². The monoisotopic (exact) mass is 225 g/mol. The number of carboxylic acid groups (broad SMARTS) is 1. The molecule has 16 heavy (non-hydrogen) atoms. The zero-order valence-electron chi connectivity index (χ0n) is 9.14. The van der Waals surface area contributed by atoms with Gasteiger partial charge in [-0.15, -0.1) is 0 Å². The average molecular weight is 225 g/mol. The lowest BCUT2D eigenvalue weighted by molar-refractivity contribution is 0.0343. The number of aliphatic hydroxyl groups is 1. The molecule has 2 N–H and O–H groups in total. The third kappa shape index (κ3) is 2.19. The van der Waals surface area contributed by atoms with Gasteiger partial charge in [0, 0.05) is 19.2 Å². The molecule has 1 aliphatic heterocycles. The van der Waals surface area contributed by atoms with Crippen molar-refractivity contribution in [1.29, 1.82) is 0 Å². The molecule has 1 fully saturated rings. The normalized spacial score (nSPS) is 19.8. The molecule has 0 aromatic carbocycles. The Morgan fingerprint density at radius 3 is 2.56 bits per heavy atom. The van der Waals surface area contributed by atoms with Crippen LogP contribution in [0.2, 0.25) is 0 Å². The molecule has 0 atom stereocenters. The number of carboxylic acids is 1. The fourth-order valence-corrected chi connectivity index (χ4v) is 1.82. The van der Waals surface area contributed by atoms with Crippen molar-refractivity contribution in [2.75, 3.05) is 18.0 Å². The quantitative estimate of drug-likeness (QED) is 0.794. The van der Waals surface area contributed by atoms with Gasteiger partial charge in [-0.1, -0.05) is 0 Å². The molecule has 1 aliphatic rings. The van der Waals surface area contributed by atoms with E-state index in [0.717, 1.165) is 0 Å². The summed E-state index contributed by atoms with van der Waals surface area (Å²) in [6.07, 6.45) is 1.33. The van der Waals surface area contributed by atoms with Crippen LogP contribution >= 0.6 is 0 Å². The summed E-state index contributed by atoms with van der Waals surface area (Å²) in [5.74, 6) is -0.546. The van der Waals surface area contributed by atoms with Gasteiger partial charge in [-0.25, -0.2) is 4.79 Å². The molecule has 88 valence electrons. The second kappa shape index (κ2) is 3.83. The number of hydrogen-bond acceptors (Lipinski definition) is 4. The van der Waals surface area contributed by atoms with Gasteiger partial charge in [0.2, 0.25) is 5.76 Å². The maximum absolute atomic E-state index is 10.6. The highest BCUT2D eigenvalue weighted by molar-refractivity contribution is 5.84. The van der Waals surface area contributed by atoms with Gasteiger partial charge in [-0.2, -0.15) is 0 Å². The first-order valence-corrected chi connectivity index (χ1v) is 5.28. The van der Waals surface area contributed by atoms with E-state index in [1.54, 1.807) is 6.07 Å². The van der Waals surface area contributed by atoms with Crippen molar-refractivity contribution in [3.05, 3.63) is 17.9 Å². The zero-order chi connectivity index (χ0) is 11.8. The first kappa shape index (κ1) is 11.0. The van der Waals surface area contributed by atoms with E-state index in [9.17, 15) is 9.90 Å². The van der Waals surface area contributed by atoms with Crippen molar-refractivity contribution >= 4 is 11.9 Å². The van der Waals surface area contributed by atoms with E-state index in [0.29, 0.717) is 31.8 Å². The maximum atomic E-state index is 10.6. The number of nitrogens with zero attached hydrogens (tertiary/aromatic N) is 1. The number of furan rings is 1. The highest BCUT2D eigenvalue weighted by atomic mass is 16.4. The lowest BCUT2D eigenvalue weighted by Crippen LogP contribution is -2.42. The van der Waals surface area contributed by atoms with Crippen LogP contribution in [0.15, 0.2) is 16.5 Å². The number of anilines is 1. The summed E-state index contributed by atoms with van der Waals surface area (Å²) in [6.45, 7) is 3.17. The fourth-order valence-electron chi connectivity index (χ4n) is 1.82. The molecule has 1 saturated heterocycles. The van der Waals surface area contributed by atoms with Crippen LogP contribution in [0.3, 0.4) is 0 Å². The SMILES string of the molecule is CC1(O)CCN(c2ccc(C(=O)O)o2)CC1. The highest BCUT2D eigenvalue weighted by Crippen LogP contribution is 2.27. The maximum Gasteiger partial charge on any atom is 0.371 e. The van der Waals surface area contributed by atoms with E-state index in [2.05, 4.69) is 0 Å². The Bertz CT molecular complexity index is 386. The minimum absolute atomic E-state index is 0.0488. The Kier molecular flexibility index (Phi) is 2.63. The third-order valence-electron chi connectivity index (χ3n) is 2.95. The Hall–Kier alpha value is -1.49. The van der Waals surface area contributed by atoms with Gasteiger partial charge in [0.1, 0.15) is 0 Å². The first-order valence-electron chi connectivity index (χ1n) is 5.28. The molecular formula is C11H15NO4. The molecule has 5 nitrogen and oxygen atoms in total. The van der Waals surface area contributed by atoms with Crippen molar-refractivity contribution in [2.45, 2.75) is 25.4 Å². The molecule has 1 aromatic heterocycles. The molecular weight excluding hydrogens is 210 g/mol. The summed E-state index contributed by atoms with van der Waals surface area (Å²) < 4.78 is 5.20. The van der Waals surface area contributed by atoms with Crippen molar-refractivity contribution in [2.24, 2.45) is 0 Å². The molecule has 2 heterocycles. The number of rotatable bonds is 2. The molecule has 5 heteroatoms. The fraction of sp³-hybridized carbons (Fsp3) is 0.545. The van der Waals surface area contributed by atoms with E-state index in [4.69, 9.17) is 9.52 Å². The lowest BCUT2D eigenvalue weighted by atomic mass is 9.94. The van der Waals surface area contributed by atoms with Crippen LogP contribution in [-0.4, -0.2) is 34.9 Å². The average Bonchev–Trinajstić information content (AvgIpc) is 2.66.